The van der Waals surface area contributed by atoms with Crippen LogP contribution in [0.3, 0.4) is 0 Å². The van der Waals surface area contributed by atoms with Crippen molar-refractivity contribution in [3.63, 3.8) is 0 Å². The van der Waals surface area contributed by atoms with Gasteiger partial charge in [-0.1, -0.05) is 11.2 Å². The van der Waals surface area contributed by atoms with Gasteiger partial charge < -0.3 is 15.6 Å². The lowest BCUT2D eigenvalue weighted by atomic mass is 9.81. The zero-order valence-corrected chi connectivity index (χ0v) is 20.7. The van der Waals surface area contributed by atoms with Crippen LogP contribution in [0.2, 0.25) is 0 Å². The number of hydrogen-bond donors (Lipinski definition) is 3. The van der Waals surface area contributed by atoms with Gasteiger partial charge in [-0.05, 0) is 55.5 Å². The van der Waals surface area contributed by atoms with Gasteiger partial charge >= 0.3 is 6.18 Å². The van der Waals surface area contributed by atoms with E-state index in [2.05, 4.69) is 35.5 Å². The van der Waals surface area contributed by atoms with Crippen LogP contribution >= 0.6 is 0 Å². The van der Waals surface area contributed by atoms with Gasteiger partial charge in [-0.3, -0.25) is 9.59 Å². The average Bonchev–Trinajstić information content (AvgIpc) is 3.45. The molecule has 0 bridgehead atoms. The van der Waals surface area contributed by atoms with Gasteiger partial charge in [0.1, 0.15) is 11.5 Å². The quantitative estimate of drug-likeness (QED) is 0.341. The zero-order chi connectivity index (χ0) is 27.7. The van der Waals surface area contributed by atoms with Crippen molar-refractivity contribution in [1.82, 2.24) is 30.9 Å². The molecule has 0 aliphatic heterocycles. The van der Waals surface area contributed by atoms with E-state index in [1.54, 1.807) is 25.1 Å². The van der Waals surface area contributed by atoms with Crippen LogP contribution in [0.25, 0.3) is 11.0 Å². The first-order chi connectivity index (χ1) is 17.8. The van der Waals surface area contributed by atoms with E-state index in [0.29, 0.717) is 23.0 Å². The van der Waals surface area contributed by atoms with Gasteiger partial charge in [-0.15, -0.1) is 0 Å². The van der Waals surface area contributed by atoms with E-state index in [9.17, 15) is 31.5 Å². The molecule has 206 valence electrons. The van der Waals surface area contributed by atoms with E-state index in [4.69, 9.17) is 0 Å². The summed E-state index contributed by atoms with van der Waals surface area (Å²) in [6, 6.07) is 3.49. The van der Waals surface area contributed by atoms with E-state index >= 15 is 0 Å². The predicted molar refractivity (Wildman–Crippen MR) is 124 cm³/mol. The number of imidazole rings is 1. The minimum absolute atomic E-state index is 0.0638. The Labute approximate surface area is 213 Å². The molecule has 3 atom stereocenters. The normalized spacial score (nSPS) is 19.2. The number of aryl methyl sites for hydroxylation is 1. The molecular weight excluding hydrogens is 515 g/mol. The maximum Gasteiger partial charge on any atom is 0.389 e. The van der Waals surface area contributed by atoms with Crippen LogP contribution < -0.4 is 10.6 Å². The van der Waals surface area contributed by atoms with E-state index in [1.807, 2.05) is 0 Å². The molecule has 0 spiro atoms. The number of nitrogens with zero attached hydrogens (tertiary/aromatic N) is 3. The summed E-state index contributed by atoms with van der Waals surface area (Å²) in [7, 11) is 0. The third-order valence-electron chi connectivity index (χ3n) is 6.64. The summed E-state index contributed by atoms with van der Waals surface area (Å²) in [5.41, 5.74) is 1.77. The summed E-state index contributed by atoms with van der Waals surface area (Å²) in [5, 5.41) is 12.5. The Hall–Kier alpha value is -3.58. The number of rotatable bonds is 8. The highest BCUT2D eigenvalue weighted by Crippen LogP contribution is 2.42. The van der Waals surface area contributed by atoms with Gasteiger partial charge in [-0.2, -0.15) is 13.2 Å². The number of alkyl halides is 5. The number of aromatic amines is 1. The molecule has 2 heterocycles. The van der Waals surface area contributed by atoms with Crippen molar-refractivity contribution in [2.24, 2.45) is 5.92 Å². The van der Waals surface area contributed by atoms with Crippen LogP contribution in [0.1, 0.15) is 85.1 Å². The van der Waals surface area contributed by atoms with Crippen molar-refractivity contribution in [3.05, 3.63) is 41.0 Å². The van der Waals surface area contributed by atoms with E-state index in [-0.39, 0.29) is 30.1 Å². The Bertz CT molecular complexity index is 1300. The van der Waals surface area contributed by atoms with Crippen molar-refractivity contribution in [1.29, 1.82) is 0 Å². The maximum absolute atomic E-state index is 14.3. The molecule has 0 radical (unpaired) electrons. The zero-order valence-electron chi connectivity index (χ0n) is 20.7. The molecule has 2 amide bonds. The third-order valence-corrected chi connectivity index (χ3v) is 6.64. The maximum atomic E-state index is 14.3. The van der Waals surface area contributed by atoms with Crippen molar-refractivity contribution in [2.75, 3.05) is 0 Å². The lowest BCUT2D eigenvalue weighted by molar-refractivity contribution is -0.144. The van der Waals surface area contributed by atoms with Gasteiger partial charge in [0.2, 0.25) is 11.8 Å². The van der Waals surface area contributed by atoms with Crippen molar-refractivity contribution in [2.45, 2.75) is 76.6 Å². The number of aromatic nitrogens is 4. The number of fused-ring (bicyclic) bond motifs is 1. The monoisotopic (exact) mass is 542 g/mol. The molecule has 1 aliphatic carbocycles. The van der Waals surface area contributed by atoms with Crippen LogP contribution in [0.15, 0.2) is 22.8 Å². The smallest absolute Gasteiger partial charge is 0.350 e. The van der Waals surface area contributed by atoms with Crippen LogP contribution in [0.4, 0.5) is 22.0 Å². The Morgan fingerprint density at radius 2 is 2.00 bits per heavy atom. The molecule has 0 unspecified atom stereocenters. The topological polar surface area (TPSA) is 126 Å². The second-order valence-corrected chi connectivity index (χ2v) is 9.66. The van der Waals surface area contributed by atoms with Crippen molar-refractivity contribution >= 4 is 22.8 Å². The fourth-order valence-corrected chi connectivity index (χ4v) is 4.66. The molecule has 0 saturated heterocycles. The highest BCUT2D eigenvalue weighted by Gasteiger charge is 2.41. The molecule has 1 aromatic carbocycles. The number of halogens is 5. The Kier molecular flexibility index (Phi) is 7.70. The molecule has 3 aromatic rings. The molecule has 38 heavy (non-hydrogen) atoms. The summed E-state index contributed by atoms with van der Waals surface area (Å²) >= 11 is 0. The summed E-state index contributed by atoms with van der Waals surface area (Å²) in [4.78, 5) is 32.4. The summed E-state index contributed by atoms with van der Waals surface area (Å²) < 4.78 is 70.4. The van der Waals surface area contributed by atoms with Gasteiger partial charge in [-0.25, -0.2) is 18.4 Å². The van der Waals surface area contributed by atoms with Crippen LogP contribution in [0, 0.1) is 12.8 Å². The van der Waals surface area contributed by atoms with Gasteiger partial charge in [0, 0.05) is 19.3 Å². The number of hydrogen-bond acceptors (Lipinski definition) is 6. The molecule has 14 heteroatoms. The summed E-state index contributed by atoms with van der Waals surface area (Å²) in [6.45, 7) is 3.16. The van der Waals surface area contributed by atoms with Gasteiger partial charge in [0.15, 0.2) is 5.69 Å². The van der Waals surface area contributed by atoms with E-state index in [1.165, 1.54) is 6.92 Å². The number of carbonyl (C=O) groups is 2. The molecule has 4 rings (SSSR count). The fourth-order valence-electron chi connectivity index (χ4n) is 4.66. The van der Waals surface area contributed by atoms with Gasteiger partial charge in [0.25, 0.3) is 5.91 Å². The van der Waals surface area contributed by atoms with E-state index < -0.39 is 61.2 Å². The minimum Gasteiger partial charge on any atom is -0.350 e. The number of H-pyrrole nitrogens is 1. The number of carbonyl (C=O) groups excluding carboxylic acids is 2. The Balaban J connectivity index is 1.57. The second-order valence-electron chi connectivity index (χ2n) is 9.66. The first-order valence-corrected chi connectivity index (χ1v) is 12.1. The summed E-state index contributed by atoms with van der Waals surface area (Å²) in [6.07, 6.45) is -6.27. The largest absolute Gasteiger partial charge is 0.389 e. The molecule has 1 saturated carbocycles. The first kappa shape index (κ1) is 27.5. The molecule has 1 fully saturated rings. The fraction of sp³-hybridized carbons (Fsp3) is 0.542. The molecular formula is C24H27F5N6O3. The molecule has 3 N–H and O–H groups in total. The van der Waals surface area contributed by atoms with Gasteiger partial charge in [0.05, 0.1) is 29.5 Å². The van der Waals surface area contributed by atoms with Crippen LogP contribution in [-0.2, 0) is 4.79 Å². The standard InChI is InChI=1S/C24H27F5N6O3/c1-12(30-18(36)7-9-24(27,28)29)14-5-6-16-17(10-14)32-21(31-16)20(15-4-3-8-23(25,26)11-15)33-22(37)19-13(2)34-38-35-19/h5-6,10,12,15,20H,3-4,7-9,11H2,1-2H3,(H,30,36)(H,31,32)(H,33,37)/t12-,15-,20+/m1/s1. The van der Waals surface area contributed by atoms with Crippen LogP contribution in [-0.4, -0.2) is 44.2 Å². The van der Waals surface area contributed by atoms with Crippen molar-refractivity contribution in [3.8, 4) is 0 Å². The second kappa shape index (κ2) is 10.7. The summed E-state index contributed by atoms with van der Waals surface area (Å²) in [5.74, 6) is -4.61. The number of amides is 2. The molecule has 9 nitrogen and oxygen atoms in total. The van der Waals surface area contributed by atoms with Crippen LogP contribution in [0.5, 0.6) is 0 Å². The lowest BCUT2D eigenvalue weighted by Gasteiger charge is -2.33. The molecule has 2 aromatic heterocycles. The van der Waals surface area contributed by atoms with E-state index in [0.717, 1.165) is 0 Å². The third kappa shape index (κ3) is 6.64. The highest BCUT2D eigenvalue weighted by molar-refractivity contribution is 5.93. The number of nitrogens with one attached hydrogen (secondary N) is 3. The van der Waals surface area contributed by atoms with Crippen molar-refractivity contribution < 1.29 is 36.2 Å². The predicted octanol–water partition coefficient (Wildman–Crippen LogP) is 5.07. The lowest BCUT2D eigenvalue weighted by Crippen LogP contribution is -2.39. The average molecular weight is 543 g/mol. The molecule has 1 aliphatic rings. The SMILES string of the molecule is Cc1nonc1C(=O)N[C@H](c1nc2cc([C@@H](C)NC(=O)CCC(F)(F)F)ccc2[nH]1)[C@@H]1CCCC(F)(F)C1. The Morgan fingerprint density at radius 1 is 1.24 bits per heavy atom. The first-order valence-electron chi connectivity index (χ1n) is 12.1. The minimum atomic E-state index is -4.43. The highest BCUT2D eigenvalue weighted by atomic mass is 19.4. The number of benzene rings is 1. The Morgan fingerprint density at radius 3 is 2.66 bits per heavy atom.